The molecule has 2 nitrogen and oxygen atoms in total. The Morgan fingerprint density at radius 2 is 2.05 bits per heavy atom. The van der Waals surface area contributed by atoms with E-state index in [0.29, 0.717) is 0 Å². The molecule has 1 aromatic heterocycles. The van der Waals surface area contributed by atoms with E-state index < -0.39 is 0 Å². The summed E-state index contributed by atoms with van der Waals surface area (Å²) in [5.74, 6) is 0.761. The number of aromatic nitrogens is 1. The summed E-state index contributed by atoms with van der Waals surface area (Å²) in [6.45, 7) is 6.90. The highest BCUT2D eigenvalue weighted by Crippen LogP contribution is 2.24. The van der Waals surface area contributed by atoms with Gasteiger partial charge in [0.25, 0.3) is 0 Å². The summed E-state index contributed by atoms with van der Waals surface area (Å²) in [6, 6.07) is 9.71. The molecule has 0 bridgehead atoms. The molecule has 0 spiro atoms. The maximum atomic E-state index is 3.61. The summed E-state index contributed by atoms with van der Waals surface area (Å²) in [6.07, 6.45) is 8.85. The lowest BCUT2D eigenvalue weighted by atomic mass is 10.1. The van der Waals surface area contributed by atoms with Gasteiger partial charge in [0.1, 0.15) is 0 Å². The predicted molar refractivity (Wildman–Crippen MR) is 90.7 cm³/mol. The number of fused-ring (bicyclic) bond motifs is 1. The third-order valence-electron chi connectivity index (χ3n) is 4.45. The number of benzene rings is 1. The van der Waals surface area contributed by atoms with Crippen LogP contribution in [-0.2, 0) is 13.0 Å². The van der Waals surface area contributed by atoms with Crippen molar-refractivity contribution in [1.82, 2.24) is 9.88 Å². The minimum absolute atomic E-state index is 0.761. The molecule has 1 N–H and O–H groups in total. The number of aryl methyl sites for hydroxylation is 2. The van der Waals surface area contributed by atoms with Gasteiger partial charge in [0.05, 0.1) is 0 Å². The summed E-state index contributed by atoms with van der Waals surface area (Å²) < 4.78 is 2.46. The maximum absolute atomic E-state index is 3.61. The number of para-hydroxylation sites is 1. The maximum Gasteiger partial charge on any atom is 0.0483 e. The molecule has 1 heterocycles. The standard InChI is InChI=1S/C19H28N2/c1-15(2)11-13-21-14-16(6-5-12-20-17-9-10-17)18-7-3-4-8-19(18)21/h3-4,7-8,14-15,17,20H,5-6,9-13H2,1-2H3. The van der Waals surface area contributed by atoms with E-state index in [1.165, 1.54) is 48.6 Å². The molecule has 2 aromatic rings. The van der Waals surface area contributed by atoms with Crippen LogP contribution in [0.3, 0.4) is 0 Å². The molecular formula is C19H28N2. The molecule has 3 rings (SSSR count). The molecule has 0 saturated heterocycles. The van der Waals surface area contributed by atoms with E-state index in [1.54, 1.807) is 0 Å². The first kappa shape index (κ1) is 14.6. The highest BCUT2D eigenvalue weighted by Gasteiger charge is 2.19. The second-order valence-electron chi connectivity index (χ2n) is 6.88. The molecule has 2 heteroatoms. The number of nitrogens with zero attached hydrogens (tertiary/aromatic N) is 1. The largest absolute Gasteiger partial charge is 0.347 e. The van der Waals surface area contributed by atoms with E-state index in [2.05, 4.69) is 54.2 Å². The lowest BCUT2D eigenvalue weighted by Gasteiger charge is -2.07. The first-order valence-corrected chi connectivity index (χ1v) is 8.54. The summed E-state index contributed by atoms with van der Waals surface area (Å²) in [5.41, 5.74) is 2.93. The van der Waals surface area contributed by atoms with Crippen molar-refractivity contribution in [3.63, 3.8) is 0 Å². The molecule has 1 aromatic carbocycles. The SMILES string of the molecule is CC(C)CCn1cc(CCCNC2CC2)c2ccccc21. The van der Waals surface area contributed by atoms with Crippen LogP contribution in [0.1, 0.15) is 45.1 Å². The van der Waals surface area contributed by atoms with E-state index in [-0.39, 0.29) is 0 Å². The smallest absolute Gasteiger partial charge is 0.0483 e. The molecule has 0 aliphatic heterocycles. The van der Waals surface area contributed by atoms with Crippen LogP contribution in [0.2, 0.25) is 0 Å². The van der Waals surface area contributed by atoms with Crippen molar-refractivity contribution < 1.29 is 0 Å². The normalized spacial score (nSPS) is 15.2. The second-order valence-corrected chi connectivity index (χ2v) is 6.88. The minimum Gasteiger partial charge on any atom is -0.347 e. The highest BCUT2D eigenvalue weighted by molar-refractivity contribution is 5.83. The van der Waals surface area contributed by atoms with Gasteiger partial charge in [-0.2, -0.15) is 0 Å². The third kappa shape index (κ3) is 3.88. The van der Waals surface area contributed by atoms with E-state index in [9.17, 15) is 0 Å². The molecule has 1 saturated carbocycles. The summed E-state index contributed by atoms with van der Waals surface area (Å²) in [4.78, 5) is 0. The molecule has 21 heavy (non-hydrogen) atoms. The quantitative estimate of drug-likeness (QED) is 0.712. The molecule has 1 aliphatic rings. The Morgan fingerprint density at radius 3 is 2.81 bits per heavy atom. The van der Waals surface area contributed by atoms with Crippen molar-refractivity contribution in [2.75, 3.05) is 6.54 Å². The van der Waals surface area contributed by atoms with Crippen LogP contribution in [0.4, 0.5) is 0 Å². The van der Waals surface area contributed by atoms with Crippen LogP contribution in [0, 0.1) is 5.92 Å². The van der Waals surface area contributed by atoms with Crippen LogP contribution < -0.4 is 5.32 Å². The average Bonchev–Trinajstić information content (AvgIpc) is 3.24. The van der Waals surface area contributed by atoms with E-state index in [0.717, 1.165) is 25.0 Å². The summed E-state index contributed by atoms with van der Waals surface area (Å²) in [7, 11) is 0. The van der Waals surface area contributed by atoms with Gasteiger partial charge in [0.15, 0.2) is 0 Å². The number of nitrogens with one attached hydrogen (secondary N) is 1. The van der Waals surface area contributed by atoms with Gasteiger partial charge >= 0.3 is 0 Å². The van der Waals surface area contributed by atoms with Gasteiger partial charge < -0.3 is 9.88 Å². The van der Waals surface area contributed by atoms with Gasteiger partial charge in [0.2, 0.25) is 0 Å². The molecule has 0 atom stereocenters. The molecule has 0 unspecified atom stereocenters. The fraction of sp³-hybridized carbons (Fsp3) is 0.579. The fourth-order valence-corrected chi connectivity index (χ4v) is 2.98. The molecule has 114 valence electrons. The van der Waals surface area contributed by atoms with Gasteiger partial charge in [0, 0.05) is 29.7 Å². The van der Waals surface area contributed by atoms with Crippen LogP contribution in [0.25, 0.3) is 10.9 Å². The topological polar surface area (TPSA) is 17.0 Å². The first-order chi connectivity index (χ1) is 10.2. The zero-order valence-electron chi connectivity index (χ0n) is 13.4. The van der Waals surface area contributed by atoms with Crippen molar-refractivity contribution in [3.05, 3.63) is 36.0 Å². The van der Waals surface area contributed by atoms with Gasteiger partial charge in [-0.25, -0.2) is 0 Å². The third-order valence-corrected chi connectivity index (χ3v) is 4.45. The highest BCUT2D eigenvalue weighted by atomic mass is 15.0. The van der Waals surface area contributed by atoms with Gasteiger partial charge in [-0.3, -0.25) is 0 Å². The van der Waals surface area contributed by atoms with E-state index in [1.807, 2.05) is 0 Å². The van der Waals surface area contributed by atoms with Crippen LogP contribution >= 0.6 is 0 Å². The summed E-state index contributed by atoms with van der Waals surface area (Å²) in [5, 5.41) is 5.07. The number of rotatable bonds is 8. The minimum atomic E-state index is 0.761. The Bertz CT molecular complexity index is 578. The second kappa shape index (κ2) is 6.65. The molecule has 1 fully saturated rings. The first-order valence-electron chi connectivity index (χ1n) is 8.54. The predicted octanol–water partition coefficient (Wildman–Crippen LogP) is 4.37. The van der Waals surface area contributed by atoms with Gasteiger partial charge in [-0.05, 0) is 56.2 Å². The molecule has 1 aliphatic carbocycles. The van der Waals surface area contributed by atoms with Gasteiger partial charge in [-0.1, -0.05) is 32.0 Å². The summed E-state index contributed by atoms with van der Waals surface area (Å²) >= 11 is 0. The van der Waals surface area contributed by atoms with Crippen molar-refractivity contribution in [2.45, 2.75) is 58.5 Å². The number of hydrogen-bond donors (Lipinski definition) is 1. The van der Waals surface area contributed by atoms with Crippen molar-refractivity contribution >= 4 is 10.9 Å². The van der Waals surface area contributed by atoms with Crippen molar-refractivity contribution in [1.29, 1.82) is 0 Å². The van der Waals surface area contributed by atoms with Gasteiger partial charge in [-0.15, -0.1) is 0 Å². The Morgan fingerprint density at radius 1 is 1.24 bits per heavy atom. The Labute approximate surface area is 128 Å². The van der Waals surface area contributed by atoms with Crippen LogP contribution in [0.15, 0.2) is 30.5 Å². The Hall–Kier alpha value is -1.28. The monoisotopic (exact) mass is 284 g/mol. The van der Waals surface area contributed by atoms with Crippen molar-refractivity contribution in [3.8, 4) is 0 Å². The van der Waals surface area contributed by atoms with E-state index in [4.69, 9.17) is 0 Å². The fourth-order valence-electron chi connectivity index (χ4n) is 2.98. The lowest BCUT2D eigenvalue weighted by molar-refractivity contribution is 0.523. The number of hydrogen-bond acceptors (Lipinski definition) is 1. The Kier molecular flexibility index (Phi) is 4.64. The molecular weight excluding hydrogens is 256 g/mol. The lowest BCUT2D eigenvalue weighted by Crippen LogP contribution is -2.17. The zero-order chi connectivity index (χ0) is 14.7. The van der Waals surface area contributed by atoms with Crippen LogP contribution in [0.5, 0.6) is 0 Å². The molecule has 0 radical (unpaired) electrons. The molecule has 0 amide bonds. The van der Waals surface area contributed by atoms with Crippen LogP contribution in [-0.4, -0.2) is 17.2 Å². The average molecular weight is 284 g/mol. The van der Waals surface area contributed by atoms with Crippen molar-refractivity contribution in [2.24, 2.45) is 5.92 Å². The van der Waals surface area contributed by atoms with E-state index >= 15 is 0 Å². The zero-order valence-corrected chi connectivity index (χ0v) is 13.4. The Balaban J connectivity index is 1.67.